The molecule has 1 heterocycles. The smallest absolute Gasteiger partial charge is 0.0247 e. The van der Waals surface area contributed by atoms with E-state index in [-0.39, 0.29) is 0 Å². The number of piperidine rings is 1. The van der Waals surface area contributed by atoms with Crippen LogP contribution in [0.1, 0.15) is 84.0 Å². The minimum atomic E-state index is 0.419. The van der Waals surface area contributed by atoms with E-state index >= 15 is 0 Å². The average Bonchev–Trinajstić information content (AvgIpc) is 2.44. The first-order chi connectivity index (χ1) is 9.77. The number of rotatable bonds is 1. The van der Waals surface area contributed by atoms with Gasteiger partial charge in [-0.2, -0.15) is 0 Å². The lowest BCUT2D eigenvalue weighted by atomic mass is 9.90. The Kier molecular flexibility index (Phi) is 7.37. The van der Waals surface area contributed by atoms with Crippen molar-refractivity contribution in [2.75, 3.05) is 13.1 Å². The lowest BCUT2D eigenvalue weighted by Crippen LogP contribution is -2.50. The molecule has 1 aliphatic heterocycles. The highest BCUT2D eigenvalue weighted by molar-refractivity contribution is 4.85. The molecule has 0 bridgehead atoms. The Bertz CT molecular complexity index is 246. The topological polar surface area (TPSA) is 29.3 Å². The van der Waals surface area contributed by atoms with E-state index in [4.69, 9.17) is 5.73 Å². The molecule has 0 radical (unpaired) electrons. The quantitative estimate of drug-likeness (QED) is 0.774. The Labute approximate surface area is 126 Å². The van der Waals surface area contributed by atoms with Gasteiger partial charge in [-0.15, -0.1) is 0 Å². The van der Waals surface area contributed by atoms with Gasteiger partial charge in [-0.25, -0.2) is 0 Å². The summed E-state index contributed by atoms with van der Waals surface area (Å²) in [5, 5.41) is 0. The maximum atomic E-state index is 6.58. The minimum absolute atomic E-state index is 0.419. The lowest BCUT2D eigenvalue weighted by molar-refractivity contribution is 0.108. The molecule has 2 rings (SSSR count). The molecule has 1 saturated heterocycles. The van der Waals surface area contributed by atoms with Crippen molar-refractivity contribution in [2.24, 2.45) is 11.7 Å². The number of nitrogens with two attached hydrogens (primary N) is 1. The minimum Gasteiger partial charge on any atom is -0.326 e. The Balaban J connectivity index is 1.87. The first-order valence-corrected chi connectivity index (χ1v) is 9.27. The molecule has 0 aromatic heterocycles. The molecular formula is C18H36N2. The van der Waals surface area contributed by atoms with Crippen LogP contribution >= 0.6 is 0 Å². The van der Waals surface area contributed by atoms with Crippen molar-refractivity contribution in [3.05, 3.63) is 0 Å². The second-order valence-corrected chi connectivity index (χ2v) is 7.36. The molecule has 0 aromatic rings. The number of nitrogens with zero attached hydrogens (tertiary/aromatic N) is 1. The van der Waals surface area contributed by atoms with Crippen LogP contribution in [0, 0.1) is 5.92 Å². The van der Waals surface area contributed by atoms with E-state index in [1.165, 1.54) is 90.1 Å². The molecule has 2 aliphatic rings. The van der Waals surface area contributed by atoms with Gasteiger partial charge in [0.15, 0.2) is 0 Å². The van der Waals surface area contributed by atoms with Crippen LogP contribution in [0.15, 0.2) is 0 Å². The van der Waals surface area contributed by atoms with Crippen molar-refractivity contribution in [1.82, 2.24) is 4.90 Å². The maximum absolute atomic E-state index is 6.58. The SMILES string of the molecule is CC1CCN(C2CCCCCCCCCCC2N)CC1. The molecule has 0 spiro atoms. The van der Waals surface area contributed by atoms with E-state index in [1.54, 1.807) is 0 Å². The van der Waals surface area contributed by atoms with Crippen molar-refractivity contribution in [3.63, 3.8) is 0 Å². The van der Waals surface area contributed by atoms with Crippen molar-refractivity contribution in [1.29, 1.82) is 0 Å². The summed E-state index contributed by atoms with van der Waals surface area (Å²) in [5.74, 6) is 0.925. The van der Waals surface area contributed by atoms with Crippen LogP contribution < -0.4 is 5.73 Å². The predicted octanol–water partition coefficient (Wildman–Crippen LogP) is 4.33. The van der Waals surface area contributed by atoms with Gasteiger partial charge in [0.05, 0.1) is 0 Å². The van der Waals surface area contributed by atoms with E-state index in [0.29, 0.717) is 12.1 Å². The molecule has 118 valence electrons. The number of hydrogen-bond acceptors (Lipinski definition) is 2. The summed E-state index contributed by atoms with van der Waals surface area (Å²) in [6, 6.07) is 1.09. The number of hydrogen-bond donors (Lipinski definition) is 1. The summed E-state index contributed by atoms with van der Waals surface area (Å²) < 4.78 is 0. The Morgan fingerprint density at radius 2 is 1.20 bits per heavy atom. The molecule has 1 aliphatic carbocycles. The Hall–Kier alpha value is -0.0800. The van der Waals surface area contributed by atoms with E-state index in [9.17, 15) is 0 Å². The number of likely N-dealkylation sites (tertiary alicyclic amines) is 1. The monoisotopic (exact) mass is 280 g/mol. The molecular weight excluding hydrogens is 244 g/mol. The highest BCUT2D eigenvalue weighted by atomic mass is 15.2. The van der Waals surface area contributed by atoms with Crippen LogP contribution in [0.5, 0.6) is 0 Å². The largest absolute Gasteiger partial charge is 0.326 e. The zero-order valence-electron chi connectivity index (χ0n) is 13.7. The summed E-state index contributed by atoms with van der Waals surface area (Å²) >= 11 is 0. The van der Waals surface area contributed by atoms with E-state index in [1.807, 2.05) is 0 Å². The maximum Gasteiger partial charge on any atom is 0.0247 e. The molecule has 20 heavy (non-hydrogen) atoms. The van der Waals surface area contributed by atoms with Crippen molar-refractivity contribution in [2.45, 2.75) is 96.1 Å². The van der Waals surface area contributed by atoms with E-state index in [2.05, 4.69) is 11.8 Å². The molecule has 2 N–H and O–H groups in total. The third-order valence-electron chi connectivity index (χ3n) is 5.57. The van der Waals surface area contributed by atoms with Gasteiger partial charge in [-0.3, -0.25) is 4.90 Å². The van der Waals surface area contributed by atoms with Gasteiger partial charge >= 0.3 is 0 Å². The highest BCUT2D eigenvalue weighted by Crippen LogP contribution is 2.24. The van der Waals surface area contributed by atoms with Crippen LogP contribution in [0.2, 0.25) is 0 Å². The van der Waals surface area contributed by atoms with Gasteiger partial charge in [-0.1, -0.05) is 58.3 Å². The zero-order valence-corrected chi connectivity index (χ0v) is 13.7. The molecule has 0 amide bonds. The summed E-state index contributed by atoms with van der Waals surface area (Å²) in [6.45, 7) is 4.98. The summed E-state index contributed by atoms with van der Waals surface area (Å²) in [7, 11) is 0. The molecule has 2 fully saturated rings. The standard InChI is InChI=1S/C18H36N2/c1-16-12-14-20(15-13-16)18-11-9-7-5-3-2-4-6-8-10-17(18)19/h16-18H,2-15,19H2,1H3. The fraction of sp³-hybridized carbons (Fsp3) is 1.00. The van der Waals surface area contributed by atoms with Gasteiger partial charge in [0, 0.05) is 12.1 Å². The van der Waals surface area contributed by atoms with Crippen LogP contribution in [-0.4, -0.2) is 30.1 Å². The van der Waals surface area contributed by atoms with Crippen LogP contribution in [-0.2, 0) is 0 Å². The van der Waals surface area contributed by atoms with E-state index in [0.717, 1.165) is 5.92 Å². The third kappa shape index (κ3) is 5.37. The summed E-state index contributed by atoms with van der Waals surface area (Å²) in [4.78, 5) is 2.73. The van der Waals surface area contributed by atoms with Gasteiger partial charge in [-0.05, 0) is 44.7 Å². The molecule has 2 unspecified atom stereocenters. The second kappa shape index (κ2) is 9.04. The van der Waals surface area contributed by atoms with Gasteiger partial charge < -0.3 is 5.73 Å². The second-order valence-electron chi connectivity index (χ2n) is 7.36. The molecule has 0 aromatic carbocycles. The average molecular weight is 280 g/mol. The normalized spacial score (nSPS) is 33.3. The molecule has 2 atom stereocenters. The molecule has 1 saturated carbocycles. The van der Waals surface area contributed by atoms with Crippen molar-refractivity contribution < 1.29 is 0 Å². The Morgan fingerprint density at radius 3 is 1.80 bits per heavy atom. The third-order valence-corrected chi connectivity index (χ3v) is 5.57. The molecule has 2 nitrogen and oxygen atoms in total. The lowest BCUT2D eigenvalue weighted by Gasteiger charge is -2.40. The summed E-state index contributed by atoms with van der Waals surface area (Å²) in [6.07, 6.45) is 16.7. The fourth-order valence-corrected chi connectivity index (χ4v) is 4.01. The van der Waals surface area contributed by atoms with Crippen LogP contribution in [0.4, 0.5) is 0 Å². The highest BCUT2D eigenvalue weighted by Gasteiger charge is 2.27. The molecule has 2 heteroatoms. The van der Waals surface area contributed by atoms with Crippen molar-refractivity contribution >= 4 is 0 Å². The first-order valence-electron chi connectivity index (χ1n) is 9.27. The van der Waals surface area contributed by atoms with E-state index < -0.39 is 0 Å². The van der Waals surface area contributed by atoms with Gasteiger partial charge in [0.2, 0.25) is 0 Å². The van der Waals surface area contributed by atoms with Gasteiger partial charge in [0.25, 0.3) is 0 Å². The zero-order chi connectivity index (χ0) is 14.2. The first kappa shape index (κ1) is 16.3. The van der Waals surface area contributed by atoms with Gasteiger partial charge in [0.1, 0.15) is 0 Å². The Morgan fingerprint density at radius 1 is 0.700 bits per heavy atom. The van der Waals surface area contributed by atoms with Crippen molar-refractivity contribution in [3.8, 4) is 0 Å². The van der Waals surface area contributed by atoms with Crippen LogP contribution in [0.3, 0.4) is 0 Å². The summed E-state index contributed by atoms with van der Waals surface area (Å²) in [5.41, 5.74) is 6.58. The predicted molar refractivity (Wildman–Crippen MR) is 87.9 cm³/mol. The fourth-order valence-electron chi connectivity index (χ4n) is 4.01. The van der Waals surface area contributed by atoms with Crippen LogP contribution in [0.25, 0.3) is 0 Å².